The number of thioether (sulfide) groups is 1. The number of aromatic amines is 1. The first-order valence-corrected chi connectivity index (χ1v) is 10.4. The van der Waals surface area contributed by atoms with Crippen LogP contribution in [0.2, 0.25) is 0 Å². The molecule has 3 aromatic rings. The molecule has 1 aliphatic rings. The number of thiophene rings is 1. The van der Waals surface area contributed by atoms with E-state index < -0.39 is 0 Å². The Morgan fingerprint density at radius 2 is 2.30 bits per heavy atom. The Labute approximate surface area is 146 Å². The molecule has 0 saturated heterocycles. The summed E-state index contributed by atoms with van der Waals surface area (Å²) in [7, 11) is 0. The Morgan fingerprint density at radius 1 is 1.43 bits per heavy atom. The maximum atomic E-state index is 12.5. The van der Waals surface area contributed by atoms with Gasteiger partial charge in [-0.1, -0.05) is 18.7 Å². The van der Waals surface area contributed by atoms with E-state index in [0.717, 1.165) is 38.9 Å². The molecule has 3 aromatic heterocycles. The molecule has 1 aliphatic carbocycles. The number of H-pyrrole nitrogens is 1. The first-order chi connectivity index (χ1) is 11.1. The number of hydrogen-bond donors (Lipinski definition) is 1. The van der Waals surface area contributed by atoms with E-state index in [1.807, 2.05) is 12.3 Å². The fraction of sp³-hybridized carbons (Fsp3) is 0.438. The van der Waals surface area contributed by atoms with E-state index in [2.05, 4.69) is 16.9 Å². The average molecular weight is 364 g/mol. The predicted octanol–water partition coefficient (Wildman–Crippen LogP) is 4.17. The fourth-order valence-corrected chi connectivity index (χ4v) is 6.11. The lowest BCUT2D eigenvalue weighted by Crippen LogP contribution is -2.14. The van der Waals surface area contributed by atoms with Gasteiger partial charge in [0.25, 0.3) is 5.56 Å². The van der Waals surface area contributed by atoms with Crippen molar-refractivity contribution in [2.75, 3.05) is 0 Å². The van der Waals surface area contributed by atoms with Crippen molar-refractivity contribution in [1.82, 2.24) is 15.0 Å². The fourth-order valence-electron chi connectivity index (χ4n) is 2.99. The summed E-state index contributed by atoms with van der Waals surface area (Å²) in [5, 5.41) is 2.87. The van der Waals surface area contributed by atoms with Gasteiger partial charge in [-0.25, -0.2) is 9.97 Å². The molecule has 4 nitrogen and oxygen atoms in total. The number of nitrogens with zero attached hydrogens (tertiary/aromatic N) is 2. The van der Waals surface area contributed by atoms with Crippen molar-refractivity contribution in [3.8, 4) is 0 Å². The lowest BCUT2D eigenvalue weighted by Gasteiger charge is -2.17. The zero-order chi connectivity index (χ0) is 16.0. The Morgan fingerprint density at radius 3 is 3.09 bits per heavy atom. The van der Waals surface area contributed by atoms with Crippen LogP contribution in [0.25, 0.3) is 10.2 Å². The van der Waals surface area contributed by atoms with Crippen molar-refractivity contribution < 1.29 is 0 Å². The van der Waals surface area contributed by atoms with Gasteiger partial charge < -0.3 is 4.98 Å². The summed E-state index contributed by atoms with van der Waals surface area (Å²) < 4.78 is 1.02. The number of fused-ring (bicyclic) bond motifs is 3. The smallest absolute Gasteiger partial charge is 0.259 e. The van der Waals surface area contributed by atoms with Gasteiger partial charge in [0.05, 0.1) is 11.1 Å². The van der Waals surface area contributed by atoms with Gasteiger partial charge >= 0.3 is 0 Å². The molecule has 0 spiro atoms. The Kier molecular flexibility index (Phi) is 4.03. The third-order valence-corrected chi connectivity index (χ3v) is 7.44. The molecule has 0 fully saturated rings. The second kappa shape index (κ2) is 6.03. The Bertz CT molecular complexity index is 924. The monoisotopic (exact) mass is 363 g/mol. The van der Waals surface area contributed by atoms with Crippen LogP contribution in [0.15, 0.2) is 14.5 Å². The predicted molar refractivity (Wildman–Crippen MR) is 97.8 cm³/mol. The zero-order valence-corrected chi connectivity index (χ0v) is 15.5. The largest absolute Gasteiger partial charge is 0.309 e. The Hall–Kier alpha value is -1.18. The van der Waals surface area contributed by atoms with Gasteiger partial charge in [0, 0.05) is 16.0 Å². The van der Waals surface area contributed by atoms with E-state index in [9.17, 15) is 4.79 Å². The van der Waals surface area contributed by atoms with Crippen LogP contribution in [0, 0.1) is 12.8 Å². The minimum absolute atomic E-state index is 0.0213. The molecule has 1 atom stereocenters. The van der Waals surface area contributed by atoms with Gasteiger partial charge in [-0.05, 0) is 37.7 Å². The summed E-state index contributed by atoms with van der Waals surface area (Å²) in [5.74, 6) is 2.10. The summed E-state index contributed by atoms with van der Waals surface area (Å²) in [6.07, 6.45) is 3.26. The van der Waals surface area contributed by atoms with Crippen LogP contribution in [-0.4, -0.2) is 15.0 Å². The number of hydrogen-bond acceptors (Lipinski definition) is 6. The standard InChI is InChI=1S/C16H17N3OS3/c1-8-3-4-10-11(5-8)23-15-13(10)14(20)18-12(19-15)7-22-16-17-9(2)6-21-16/h6,8H,3-5,7H2,1-2H3,(H,18,19,20)/t8-/m0/s1. The zero-order valence-electron chi connectivity index (χ0n) is 13.0. The summed E-state index contributed by atoms with van der Waals surface area (Å²) in [6.45, 7) is 4.27. The SMILES string of the molecule is Cc1csc(SCc2nc3sc4c(c3c(=O)[nH]2)CC[C@H](C)C4)n1. The molecular weight excluding hydrogens is 346 g/mol. The first-order valence-electron chi connectivity index (χ1n) is 7.68. The highest BCUT2D eigenvalue weighted by Gasteiger charge is 2.23. The minimum Gasteiger partial charge on any atom is -0.309 e. The second-order valence-electron chi connectivity index (χ2n) is 6.09. The van der Waals surface area contributed by atoms with Crippen molar-refractivity contribution >= 4 is 44.7 Å². The third kappa shape index (κ3) is 2.97. The average Bonchev–Trinajstić information content (AvgIpc) is 3.07. The minimum atomic E-state index is 0.0213. The number of aryl methyl sites for hydroxylation is 2. The molecule has 7 heteroatoms. The molecule has 23 heavy (non-hydrogen) atoms. The van der Waals surface area contributed by atoms with Crippen LogP contribution in [0.5, 0.6) is 0 Å². The van der Waals surface area contributed by atoms with Crippen molar-refractivity contribution in [1.29, 1.82) is 0 Å². The maximum Gasteiger partial charge on any atom is 0.259 e. The molecule has 0 aliphatic heterocycles. The first kappa shape index (κ1) is 15.4. The Balaban J connectivity index is 1.66. The maximum absolute atomic E-state index is 12.5. The van der Waals surface area contributed by atoms with E-state index >= 15 is 0 Å². The van der Waals surface area contributed by atoms with Crippen LogP contribution < -0.4 is 5.56 Å². The molecule has 0 amide bonds. The molecule has 3 heterocycles. The highest BCUT2D eigenvalue weighted by atomic mass is 32.2. The van der Waals surface area contributed by atoms with Gasteiger partial charge in [0.15, 0.2) is 4.34 Å². The van der Waals surface area contributed by atoms with Crippen molar-refractivity contribution in [3.05, 3.63) is 37.7 Å². The van der Waals surface area contributed by atoms with E-state index in [0.29, 0.717) is 11.7 Å². The number of rotatable bonds is 3. The van der Waals surface area contributed by atoms with Crippen LogP contribution >= 0.6 is 34.4 Å². The molecule has 0 saturated carbocycles. The highest BCUT2D eigenvalue weighted by Crippen LogP contribution is 2.36. The number of nitrogens with one attached hydrogen (secondary N) is 1. The van der Waals surface area contributed by atoms with Gasteiger partial charge in [0.2, 0.25) is 0 Å². The lowest BCUT2D eigenvalue weighted by molar-refractivity contribution is 0.509. The lowest BCUT2D eigenvalue weighted by atomic mass is 9.89. The van der Waals surface area contributed by atoms with E-state index in [4.69, 9.17) is 4.98 Å². The highest BCUT2D eigenvalue weighted by molar-refractivity contribution is 8.00. The van der Waals surface area contributed by atoms with Crippen molar-refractivity contribution in [2.45, 2.75) is 43.2 Å². The van der Waals surface area contributed by atoms with E-state index in [-0.39, 0.29) is 5.56 Å². The molecule has 0 bridgehead atoms. The van der Waals surface area contributed by atoms with Crippen LogP contribution in [0.4, 0.5) is 0 Å². The molecule has 1 N–H and O–H groups in total. The molecule has 120 valence electrons. The van der Waals surface area contributed by atoms with Crippen molar-refractivity contribution in [2.24, 2.45) is 5.92 Å². The van der Waals surface area contributed by atoms with Gasteiger partial charge in [-0.2, -0.15) is 0 Å². The summed E-state index contributed by atoms with van der Waals surface area (Å²) >= 11 is 4.96. The normalized spacial score (nSPS) is 17.6. The third-order valence-electron chi connectivity index (χ3n) is 4.14. The van der Waals surface area contributed by atoms with E-state index in [1.165, 1.54) is 16.9 Å². The summed E-state index contributed by atoms with van der Waals surface area (Å²) in [4.78, 5) is 26.9. The quantitative estimate of drug-likeness (QED) is 0.710. The molecule has 0 unspecified atom stereocenters. The van der Waals surface area contributed by atoms with Crippen LogP contribution in [0.1, 0.15) is 35.3 Å². The molecule has 0 radical (unpaired) electrons. The summed E-state index contributed by atoms with van der Waals surface area (Å²) in [5.41, 5.74) is 2.30. The molecule has 4 rings (SSSR count). The number of aromatic nitrogens is 3. The number of thiazole rings is 1. The van der Waals surface area contributed by atoms with Crippen LogP contribution in [0.3, 0.4) is 0 Å². The topological polar surface area (TPSA) is 58.6 Å². The molecule has 0 aromatic carbocycles. The summed E-state index contributed by atoms with van der Waals surface area (Å²) in [6, 6.07) is 0. The van der Waals surface area contributed by atoms with Gasteiger partial charge in [0.1, 0.15) is 10.7 Å². The van der Waals surface area contributed by atoms with Gasteiger partial charge in [-0.15, -0.1) is 22.7 Å². The van der Waals surface area contributed by atoms with Crippen molar-refractivity contribution in [3.63, 3.8) is 0 Å². The second-order valence-corrected chi connectivity index (χ2v) is 9.25. The molecular formula is C16H17N3OS3. The van der Waals surface area contributed by atoms with Crippen LogP contribution in [-0.2, 0) is 18.6 Å². The van der Waals surface area contributed by atoms with Gasteiger partial charge in [-0.3, -0.25) is 4.79 Å². The van der Waals surface area contributed by atoms with E-state index in [1.54, 1.807) is 34.4 Å².